The minimum absolute atomic E-state index is 0. The Kier molecular flexibility index (Phi) is 7.88. The van der Waals surface area contributed by atoms with Crippen LogP contribution in [0.1, 0.15) is 36.0 Å². The molecule has 0 unspecified atom stereocenters. The monoisotopic (exact) mass is 401 g/mol. The number of hydrogen-bond acceptors (Lipinski definition) is 5. The van der Waals surface area contributed by atoms with Crippen LogP contribution in [0.2, 0.25) is 0 Å². The van der Waals surface area contributed by atoms with Gasteiger partial charge < -0.3 is 20.3 Å². The lowest BCUT2D eigenvalue weighted by molar-refractivity contribution is -0.148. The minimum Gasteiger partial charge on any atom is -0.384 e. The molecule has 0 aromatic carbocycles. The number of thiophene rings is 1. The fourth-order valence-corrected chi connectivity index (χ4v) is 4.46. The maximum Gasteiger partial charge on any atom is 0.252 e. The third-order valence-corrected chi connectivity index (χ3v) is 6.02. The number of halogens is 1. The highest BCUT2D eigenvalue weighted by Crippen LogP contribution is 2.32. The smallest absolute Gasteiger partial charge is 0.252 e. The molecule has 146 valence electrons. The van der Waals surface area contributed by atoms with E-state index in [1.807, 2.05) is 21.7 Å². The summed E-state index contributed by atoms with van der Waals surface area (Å²) in [5.74, 6) is 0.207. The number of piperidine rings is 2. The molecule has 0 aliphatic carbocycles. The van der Waals surface area contributed by atoms with Gasteiger partial charge in [-0.15, -0.1) is 12.4 Å². The summed E-state index contributed by atoms with van der Waals surface area (Å²) in [5, 5.41) is 10.2. The van der Waals surface area contributed by atoms with Gasteiger partial charge in [0.25, 0.3) is 5.91 Å². The van der Waals surface area contributed by atoms with Crippen molar-refractivity contribution >= 4 is 35.6 Å². The topological polar surface area (TPSA) is 70.7 Å². The summed E-state index contributed by atoms with van der Waals surface area (Å²) >= 11 is 1.52. The Bertz CT molecular complexity index is 577. The van der Waals surface area contributed by atoms with Crippen molar-refractivity contribution in [1.29, 1.82) is 0 Å². The van der Waals surface area contributed by atoms with Gasteiger partial charge in [-0.2, -0.15) is 11.3 Å². The van der Waals surface area contributed by atoms with Crippen LogP contribution in [0.25, 0.3) is 0 Å². The fourth-order valence-electron chi connectivity index (χ4n) is 3.83. The standard InChI is InChI=1S/C18H27N3O3S.ClH/c1-24-13-18(5-7-19-8-6-18)17(23)21-9-2-15(3-10-21)20-16(22)14-4-11-25-12-14;/h4,11-12,15,19H,2-3,5-10,13H2,1H3,(H,20,22);1H. The number of rotatable bonds is 5. The van der Waals surface area contributed by atoms with Crippen LogP contribution in [0, 0.1) is 5.41 Å². The Morgan fingerprint density at radius 1 is 1.35 bits per heavy atom. The van der Waals surface area contributed by atoms with E-state index in [4.69, 9.17) is 4.74 Å². The number of nitrogens with zero attached hydrogens (tertiary/aromatic N) is 1. The normalized spacial score (nSPS) is 20.3. The molecule has 1 aromatic rings. The molecule has 2 N–H and O–H groups in total. The highest BCUT2D eigenvalue weighted by molar-refractivity contribution is 7.08. The first-order chi connectivity index (χ1) is 12.1. The molecule has 2 aliphatic heterocycles. The second kappa shape index (κ2) is 9.69. The van der Waals surface area contributed by atoms with Crippen LogP contribution in [-0.4, -0.2) is 62.7 Å². The number of carbonyl (C=O) groups excluding carboxylic acids is 2. The van der Waals surface area contributed by atoms with E-state index in [-0.39, 0.29) is 35.7 Å². The molecule has 0 saturated carbocycles. The lowest BCUT2D eigenvalue weighted by Crippen LogP contribution is -2.55. The number of carbonyl (C=O) groups is 2. The molecule has 8 heteroatoms. The molecule has 6 nitrogen and oxygen atoms in total. The van der Waals surface area contributed by atoms with Gasteiger partial charge >= 0.3 is 0 Å². The number of amides is 2. The van der Waals surface area contributed by atoms with Crippen molar-refractivity contribution in [1.82, 2.24) is 15.5 Å². The zero-order valence-electron chi connectivity index (χ0n) is 15.2. The molecule has 3 heterocycles. The molecule has 1 aromatic heterocycles. The van der Waals surface area contributed by atoms with Gasteiger partial charge in [-0.05, 0) is 50.2 Å². The molecular formula is C18H28ClN3O3S. The van der Waals surface area contributed by atoms with E-state index in [9.17, 15) is 9.59 Å². The number of ether oxygens (including phenoxy) is 1. The molecule has 0 bridgehead atoms. The third-order valence-electron chi connectivity index (χ3n) is 5.34. The fraction of sp³-hybridized carbons (Fsp3) is 0.667. The van der Waals surface area contributed by atoms with Gasteiger partial charge in [-0.3, -0.25) is 9.59 Å². The molecule has 2 amide bonds. The predicted octanol–water partition coefficient (Wildman–Crippen LogP) is 1.91. The molecule has 26 heavy (non-hydrogen) atoms. The van der Waals surface area contributed by atoms with E-state index in [2.05, 4.69) is 10.6 Å². The summed E-state index contributed by atoms with van der Waals surface area (Å²) in [7, 11) is 1.67. The van der Waals surface area contributed by atoms with Gasteiger partial charge in [0, 0.05) is 37.2 Å². The van der Waals surface area contributed by atoms with Crippen molar-refractivity contribution in [2.24, 2.45) is 5.41 Å². The van der Waals surface area contributed by atoms with Crippen molar-refractivity contribution in [2.75, 3.05) is 39.9 Å². The van der Waals surface area contributed by atoms with E-state index >= 15 is 0 Å². The van der Waals surface area contributed by atoms with Gasteiger partial charge in [0.15, 0.2) is 0 Å². The molecule has 0 atom stereocenters. The predicted molar refractivity (Wildman–Crippen MR) is 105 cm³/mol. The number of likely N-dealkylation sites (tertiary alicyclic amines) is 1. The number of hydrogen-bond donors (Lipinski definition) is 2. The Morgan fingerprint density at radius 2 is 2.04 bits per heavy atom. The Morgan fingerprint density at radius 3 is 2.62 bits per heavy atom. The highest BCUT2D eigenvalue weighted by atomic mass is 35.5. The quantitative estimate of drug-likeness (QED) is 0.790. The lowest BCUT2D eigenvalue weighted by Gasteiger charge is -2.42. The number of methoxy groups -OCH3 is 1. The molecule has 3 rings (SSSR count). The average Bonchev–Trinajstić information content (AvgIpc) is 3.18. The van der Waals surface area contributed by atoms with E-state index in [0.717, 1.165) is 44.3 Å². The van der Waals surface area contributed by atoms with Crippen molar-refractivity contribution < 1.29 is 14.3 Å². The van der Waals surface area contributed by atoms with Crippen LogP contribution in [0.3, 0.4) is 0 Å². The van der Waals surface area contributed by atoms with Crippen LogP contribution < -0.4 is 10.6 Å². The van der Waals surface area contributed by atoms with Gasteiger partial charge in [0.05, 0.1) is 12.0 Å². The molecule has 2 fully saturated rings. The molecule has 0 spiro atoms. The first-order valence-electron chi connectivity index (χ1n) is 8.97. The summed E-state index contributed by atoms with van der Waals surface area (Å²) in [6, 6.07) is 1.98. The van der Waals surface area contributed by atoms with Crippen molar-refractivity contribution in [2.45, 2.75) is 31.7 Å². The Labute approximate surface area is 165 Å². The third kappa shape index (κ3) is 4.76. The lowest BCUT2D eigenvalue weighted by atomic mass is 9.78. The molecule has 2 aliphatic rings. The van der Waals surface area contributed by atoms with Crippen LogP contribution in [-0.2, 0) is 9.53 Å². The van der Waals surface area contributed by atoms with E-state index in [0.29, 0.717) is 19.7 Å². The zero-order chi connectivity index (χ0) is 17.7. The van der Waals surface area contributed by atoms with Crippen molar-refractivity contribution in [3.8, 4) is 0 Å². The molecule has 2 saturated heterocycles. The van der Waals surface area contributed by atoms with Gasteiger partial charge in [0.2, 0.25) is 5.91 Å². The van der Waals surface area contributed by atoms with Crippen LogP contribution >= 0.6 is 23.7 Å². The summed E-state index contributed by atoms with van der Waals surface area (Å²) in [6.45, 7) is 3.62. The summed E-state index contributed by atoms with van der Waals surface area (Å²) in [6.07, 6.45) is 3.27. The first kappa shape index (κ1) is 21.2. The van der Waals surface area contributed by atoms with Crippen molar-refractivity contribution in [3.63, 3.8) is 0 Å². The van der Waals surface area contributed by atoms with Gasteiger partial charge in [0.1, 0.15) is 0 Å². The zero-order valence-corrected chi connectivity index (χ0v) is 16.8. The van der Waals surface area contributed by atoms with E-state index in [1.165, 1.54) is 11.3 Å². The van der Waals surface area contributed by atoms with Gasteiger partial charge in [-0.1, -0.05) is 0 Å². The summed E-state index contributed by atoms with van der Waals surface area (Å²) in [5.41, 5.74) is 0.338. The average molecular weight is 402 g/mol. The second-order valence-corrected chi connectivity index (χ2v) is 7.80. The van der Waals surface area contributed by atoms with Crippen LogP contribution in [0.15, 0.2) is 16.8 Å². The minimum atomic E-state index is -0.382. The summed E-state index contributed by atoms with van der Waals surface area (Å²) in [4.78, 5) is 27.2. The van der Waals surface area contributed by atoms with Crippen LogP contribution in [0.5, 0.6) is 0 Å². The summed E-state index contributed by atoms with van der Waals surface area (Å²) < 4.78 is 5.38. The van der Waals surface area contributed by atoms with Gasteiger partial charge in [-0.25, -0.2) is 0 Å². The first-order valence-corrected chi connectivity index (χ1v) is 9.91. The SMILES string of the molecule is COCC1(C(=O)N2CCC(NC(=O)c3ccsc3)CC2)CCNCC1.Cl. The van der Waals surface area contributed by atoms with E-state index < -0.39 is 0 Å². The largest absolute Gasteiger partial charge is 0.384 e. The Balaban J connectivity index is 0.00000243. The van der Waals surface area contributed by atoms with Crippen molar-refractivity contribution in [3.05, 3.63) is 22.4 Å². The highest BCUT2D eigenvalue weighted by Gasteiger charge is 2.43. The van der Waals surface area contributed by atoms with E-state index in [1.54, 1.807) is 7.11 Å². The maximum absolute atomic E-state index is 13.1. The molecular weight excluding hydrogens is 374 g/mol. The molecule has 0 radical (unpaired) electrons. The maximum atomic E-state index is 13.1. The number of nitrogens with one attached hydrogen (secondary N) is 2. The van der Waals surface area contributed by atoms with Crippen LogP contribution in [0.4, 0.5) is 0 Å². The second-order valence-electron chi connectivity index (χ2n) is 7.02. The Hall–Kier alpha value is -1.15.